The van der Waals surface area contributed by atoms with E-state index in [1.165, 1.54) is 35.1 Å². The SMILES string of the molecule is O=C(Cn1c(=O)c2cccn2c2ccc(F)cc21)NCCC1=CCCCC1. The van der Waals surface area contributed by atoms with Crippen LogP contribution in [0, 0.1) is 5.82 Å². The van der Waals surface area contributed by atoms with Crippen LogP contribution in [0.25, 0.3) is 16.6 Å². The highest BCUT2D eigenvalue weighted by atomic mass is 19.1. The summed E-state index contributed by atoms with van der Waals surface area (Å²) in [4.78, 5) is 25.2. The average Bonchev–Trinajstić information content (AvgIpc) is 3.16. The van der Waals surface area contributed by atoms with Crippen LogP contribution in [0.2, 0.25) is 0 Å². The maximum Gasteiger partial charge on any atom is 0.275 e. The number of nitrogens with one attached hydrogen (secondary N) is 1. The second-order valence-electron chi connectivity index (χ2n) is 7.00. The van der Waals surface area contributed by atoms with Gasteiger partial charge in [0, 0.05) is 12.7 Å². The minimum atomic E-state index is -0.438. The van der Waals surface area contributed by atoms with Crippen molar-refractivity contribution in [1.82, 2.24) is 14.3 Å². The molecule has 6 heteroatoms. The number of carbonyl (C=O) groups excluding carboxylic acids is 1. The van der Waals surface area contributed by atoms with E-state index >= 15 is 0 Å². The van der Waals surface area contributed by atoms with Crippen LogP contribution in [0.5, 0.6) is 0 Å². The fraction of sp³-hybridized carbons (Fsp3) is 0.333. The molecule has 0 unspecified atom stereocenters. The number of fused-ring (bicyclic) bond motifs is 3. The second kappa shape index (κ2) is 7.39. The lowest BCUT2D eigenvalue weighted by atomic mass is 9.97. The van der Waals surface area contributed by atoms with Gasteiger partial charge in [-0.05, 0) is 62.4 Å². The highest BCUT2D eigenvalue weighted by molar-refractivity contribution is 5.82. The van der Waals surface area contributed by atoms with Gasteiger partial charge < -0.3 is 9.72 Å². The van der Waals surface area contributed by atoms with Crippen molar-refractivity contribution in [2.75, 3.05) is 6.54 Å². The predicted octanol–water partition coefficient (Wildman–Crippen LogP) is 3.40. The number of allylic oxidation sites excluding steroid dienone is 1. The van der Waals surface area contributed by atoms with Gasteiger partial charge in [-0.2, -0.15) is 0 Å². The first-order chi connectivity index (χ1) is 13.1. The van der Waals surface area contributed by atoms with E-state index in [9.17, 15) is 14.0 Å². The number of carbonyl (C=O) groups is 1. The number of aromatic nitrogens is 2. The van der Waals surface area contributed by atoms with Crippen LogP contribution >= 0.6 is 0 Å². The molecule has 140 valence electrons. The first-order valence-electron chi connectivity index (χ1n) is 9.37. The summed E-state index contributed by atoms with van der Waals surface area (Å²) in [5, 5.41) is 2.89. The number of nitrogens with zero attached hydrogens (tertiary/aromatic N) is 2. The van der Waals surface area contributed by atoms with Gasteiger partial charge in [0.05, 0.1) is 11.0 Å². The molecule has 0 saturated heterocycles. The maximum atomic E-state index is 13.8. The van der Waals surface area contributed by atoms with Crippen molar-refractivity contribution in [1.29, 1.82) is 0 Å². The quantitative estimate of drug-likeness (QED) is 0.703. The van der Waals surface area contributed by atoms with Gasteiger partial charge in [-0.25, -0.2) is 4.39 Å². The molecule has 1 aliphatic rings. The van der Waals surface area contributed by atoms with E-state index in [2.05, 4.69) is 11.4 Å². The Morgan fingerprint density at radius 1 is 1.15 bits per heavy atom. The van der Waals surface area contributed by atoms with Crippen LogP contribution in [0.3, 0.4) is 0 Å². The normalized spacial score (nSPS) is 14.5. The molecule has 2 aromatic heterocycles. The number of rotatable bonds is 5. The first kappa shape index (κ1) is 17.5. The molecule has 1 N–H and O–H groups in total. The smallest absolute Gasteiger partial charge is 0.275 e. The summed E-state index contributed by atoms with van der Waals surface area (Å²) in [5.74, 6) is -0.679. The molecule has 4 rings (SSSR count). The molecule has 5 nitrogen and oxygen atoms in total. The van der Waals surface area contributed by atoms with Crippen LogP contribution in [0.15, 0.2) is 53.0 Å². The van der Waals surface area contributed by atoms with Gasteiger partial charge >= 0.3 is 0 Å². The van der Waals surface area contributed by atoms with Crippen molar-refractivity contribution in [3.63, 3.8) is 0 Å². The van der Waals surface area contributed by atoms with Gasteiger partial charge in [0.25, 0.3) is 5.56 Å². The third kappa shape index (κ3) is 3.52. The van der Waals surface area contributed by atoms with Crippen LogP contribution in [0.4, 0.5) is 4.39 Å². The molecule has 2 heterocycles. The molecule has 0 bridgehead atoms. The lowest BCUT2D eigenvalue weighted by Gasteiger charge is -2.14. The summed E-state index contributed by atoms with van der Waals surface area (Å²) in [6, 6.07) is 7.75. The zero-order valence-corrected chi connectivity index (χ0v) is 15.1. The Labute approximate surface area is 156 Å². The van der Waals surface area contributed by atoms with E-state index in [1.807, 2.05) is 0 Å². The third-order valence-corrected chi connectivity index (χ3v) is 5.16. The number of benzene rings is 1. The number of halogens is 1. The Bertz CT molecular complexity index is 1090. The van der Waals surface area contributed by atoms with E-state index in [-0.39, 0.29) is 18.0 Å². The van der Waals surface area contributed by atoms with Crippen molar-refractivity contribution in [3.05, 3.63) is 64.3 Å². The van der Waals surface area contributed by atoms with Gasteiger partial charge in [0.15, 0.2) is 0 Å². The summed E-state index contributed by atoms with van der Waals surface area (Å²) in [7, 11) is 0. The maximum absolute atomic E-state index is 13.8. The van der Waals surface area contributed by atoms with Gasteiger partial charge in [-0.3, -0.25) is 14.2 Å². The molecule has 1 aliphatic carbocycles. The predicted molar refractivity (Wildman–Crippen MR) is 103 cm³/mol. The van der Waals surface area contributed by atoms with E-state index in [0.29, 0.717) is 23.1 Å². The minimum absolute atomic E-state index is 0.125. The molecule has 1 aromatic carbocycles. The fourth-order valence-corrected chi connectivity index (χ4v) is 3.78. The van der Waals surface area contributed by atoms with Crippen LogP contribution in [0.1, 0.15) is 32.1 Å². The van der Waals surface area contributed by atoms with E-state index < -0.39 is 5.82 Å². The first-order valence-corrected chi connectivity index (χ1v) is 9.37. The molecule has 0 radical (unpaired) electrons. The van der Waals surface area contributed by atoms with Crippen LogP contribution < -0.4 is 10.9 Å². The molecule has 0 fully saturated rings. The summed E-state index contributed by atoms with van der Waals surface area (Å²) in [5.41, 5.74) is 2.66. The number of amides is 1. The molecule has 0 aliphatic heterocycles. The zero-order valence-electron chi connectivity index (χ0n) is 15.1. The number of hydrogen-bond donors (Lipinski definition) is 1. The largest absolute Gasteiger partial charge is 0.354 e. The summed E-state index contributed by atoms with van der Waals surface area (Å²) >= 11 is 0. The zero-order chi connectivity index (χ0) is 18.8. The summed E-state index contributed by atoms with van der Waals surface area (Å²) < 4.78 is 16.9. The Kier molecular flexibility index (Phi) is 4.79. The summed E-state index contributed by atoms with van der Waals surface area (Å²) in [6.45, 7) is 0.429. The van der Waals surface area contributed by atoms with Crippen LogP contribution in [-0.2, 0) is 11.3 Å². The Morgan fingerprint density at radius 2 is 2.04 bits per heavy atom. The minimum Gasteiger partial charge on any atom is -0.354 e. The van der Waals surface area contributed by atoms with E-state index in [0.717, 1.165) is 19.3 Å². The monoisotopic (exact) mass is 367 g/mol. The lowest BCUT2D eigenvalue weighted by molar-refractivity contribution is -0.121. The van der Waals surface area contributed by atoms with E-state index in [4.69, 9.17) is 0 Å². The highest BCUT2D eigenvalue weighted by Gasteiger charge is 2.14. The van der Waals surface area contributed by atoms with Gasteiger partial charge in [-0.15, -0.1) is 0 Å². The Hall–Kier alpha value is -2.89. The number of hydrogen-bond acceptors (Lipinski definition) is 2. The molecule has 0 spiro atoms. The topological polar surface area (TPSA) is 55.5 Å². The Balaban J connectivity index is 1.57. The molecule has 1 amide bonds. The van der Waals surface area contributed by atoms with Crippen molar-refractivity contribution < 1.29 is 9.18 Å². The molecular weight excluding hydrogens is 345 g/mol. The second-order valence-corrected chi connectivity index (χ2v) is 7.00. The van der Waals surface area contributed by atoms with Crippen molar-refractivity contribution in [3.8, 4) is 0 Å². The molecule has 3 aromatic rings. The van der Waals surface area contributed by atoms with Crippen molar-refractivity contribution in [2.45, 2.75) is 38.6 Å². The van der Waals surface area contributed by atoms with Crippen molar-refractivity contribution >= 4 is 22.5 Å². The lowest BCUT2D eigenvalue weighted by Crippen LogP contribution is -2.33. The van der Waals surface area contributed by atoms with E-state index in [1.54, 1.807) is 28.8 Å². The molecular formula is C21H22FN3O2. The van der Waals surface area contributed by atoms with Gasteiger partial charge in [-0.1, -0.05) is 11.6 Å². The van der Waals surface area contributed by atoms with Gasteiger partial charge in [0.1, 0.15) is 17.9 Å². The van der Waals surface area contributed by atoms with Gasteiger partial charge in [0.2, 0.25) is 5.91 Å². The standard InChI is InChI=1S/C21H22FN3O2/c22-16-8-9-17-19(13-16)25(21(27)18-7-4-12-24(17)18)14-20(26)23-11-10-15-5-2-1-3-6-15/h4-5,7-9,12-13H,1-3,6,10-11,14H2,(H,23,26). The molecule has 27 heavy (non-hydrogen) atoms. The third-order valence-electron chi connectivity index (χ3n) is 5.16. The highest BCUT2D eigenvalue weighted by Crippen LogP contribution is 2.19. The summed E-state index contributed by atoms with van der Waals surface area (Å²) in [6.07, 6.45) is 9.54. The fourth-order valence-electron chi connectivity index (χ4n) is 3.78. The molecule has 0 atom stereocenters. The molecule has 0 saturated carbocycles. The average molecular weight is 367 g/mol. The van der Waals surface area contributed by atoms with Crippen molar-refractivity contribution in [2.24, 2.45) is 0 Å². The van der Waals surface area contributed by atoms with Crippen LogP contribution in [-0.4, -0.2) is 21.4 Å². The Morgan fingerprint density at radius 3 is 2.85 bits per heavy atom.